The Morgan fingerprint density at radius 1 is 1.14 bits per heavy atom. The van der Waals surface area contributed by atoms with E-state index in [1.165, 1.54) is 37.1 Å². The molecule has 0 spiro atoms. The molecular formula is C23H37N5O. The number of amides is 1. The number of nitrogens with one attached hydrogen (secondary N) is 1. The summed E-state index contributed by atoms with van der Waals surface area (Å²) in [5, 5.41) is 3.49. The fraction of sp³-hybridized carbons (Fsp3) is 0.652. The third-order valence-corrected chi connectivity index (χ3v) is 6.14. The van der Waals surface area contributed by atoms with Crippen LogP contribution in [0, 0.1) is 11.8 Å². The molecule has 1 aromatic carbocycles. The minimum Gasteiger partial charge on any atom is -0.370 e. The average molecular weight is 400 g/mol. The molecule has 2 aliphatic rings. The van der Waals surface area contributed by atoms with Crippen molar-refractivity contribution in [1.82, 2.24) is 15.1 Å². The summed E-state index contributed by atoms with van der Waals surface area (Å²) < 4.78 is 0. The van der Waals surface area contributed by atoms with Gasteiger partial charge in [0.2, 0.25) is 5.91 Å². The molecule has 3 rings (SSSR count). The summed E-state index contributed by atoms with van der Waals surface area (Å²) in [6.07, 6.45) is 5.28. The Morgan fingerprint density at radius 2 is 1.86 bits per heavy atom. The summed E-state index contributed by atoms with van der Waals surface area (Å²) in [6, 6.07) is 8.94. The maximum atomic E-state index is 11.2. The van der Waals surface area contributed by atoms with Gasteiger partial charge in [-0.3, -0.25) is 14.7 Å². The Kier molecular flexibility index (Phi) is 7.92. The second-order valence-corrected chi connectivity index (χ2v) is 8.82. The van der Waals surface area contributed by atoms with Crippen molar-refractivity contribution in [2.45, 2.75) is 52.1 Å². The van der Waals surface area contributed by atoms with Gasteiger partial charge < -0.3 is 16.0 Å². The highest BCUT2D eigenvalue weighted by atomic mass is 16.1. The number of carbonyl (C=O) groups excluding carboxylic acids is 1. The predicted octanol–water partition coefficient (Wildman–Crippen LogP) is 2.58. The molecule has 1 aromatic rings. The predicted molar refractivity (Wildman–Crippen MR) is 118 cm³/mol. The van der Waals surface area contributed by atoms with E-state index in [1.54, 1.807) is 0 Å². The van der Waals surface area contributed by atoms with Crippen LogP contribution in [0.4, 0.5) is 0 Å². The molecule has 2 aliphatic heterocycles. The van der Waals surface area contributed by atoms with Gasteiger partial charge in [0.25, 0.3) is 0 Å². The molecule has 0 radical (unpaired) electrons. The van der Waals surface area contributed by atoms with Gasteiger partial charge in [-0.25, -0.2) is 0 Å². The van der Waals surface area contributed by atoms with Gasteiger partial charge in [0, 0.05) is 46.2 Å². The van der Waals surface area contributed by atoms with E-state index < -0.39 is 0 Å². The number of rotatable bonds is 6. The highest BCUT2D eigenvalue weighted by Crippen LogP contribution is 2.20. The van der Waals surface area contributed by atoms with Crippen molar-refractivity contribution >= 4 is 11.9 Å². The Hall–Kier alpha value is -2.08. The molecule has 0 aliphatic carbocycles. The first kappa shape index (κ1) is 21.6. The molecule has 2 atom stereocenters. The summed E-state index contributed by atoms with van der Waals surface area (Å²) >= 11 is 0. The van der Waals surface area contributed by atoms with Gasteiger partial charge in [-0.1, -0.05) is 31.2 Å². The Labute approximate surface area is 175 Å². The first-order valence-corrected chi connectivity index (χ1v) is 11.1. The van der Waals surface area contributed by atoms with Crippen molar-refractivity contribution in [1.29, 1.82) is 0 Å². The summed E-state index contributed by atoms with van der Waals surface area (Å²) in [7, 11) is 1.82. The molecule has 3 N–H and O–H groups in total. The SMILES string of the molecule is CN=C(NCc1ccc(CN2CCCC(C)C2)cc1)N1CCCC(CC(N)=O)C1. The number of piperidine rings is 2. The molecule has 2 fully saturated rings. The number of carbonyl (C=O) groups is 1. The molecule has 1 amide bonds. The maximum absolute atomic E-state index is 11.2. The zero-order valence-electron chi connectivity index (χ0n) is 18.1. The van der Waals surface area contributed by atoms with Crippen LogP contribution in [0.5, 0.6) is 0 Å². The van der Waals surface area contributed by atoms with Gasteiger partial charge in [0.1, 0.15) is 0 Å². The Morgan fingerprint density at radius 3 is 2.55 bits per heavy atom. The van der Waals surface area contributed by atoms with Crippen LogP contribution in [-0.2, 0) is 17.9 Å². The van der Waals surface area contributed by atoms with Gasteiger partial charge in [-0.05, 0) is 55.2 Å². The van der Waals surface area contributed by atoms with Gasteiger partial charge in [-0.15, -0.1) is 0 Å². The molecule has 2 unspecified atom stereocenters. The van der Waals surface area contributed by atoms with E-state index in [4.69, 9.17) is 5.73 Å². The van der Waals surface area contributed by atoms with Gasteiger partial charge in [0.05, 0.1) is 0 Å². The summed E-state index contributed by atoms with van der Waals surface area (Å²) in [5.74, 6) is 1.84. The smallest absolute Gasteiger partial charge is 0.217 e. The number of primary amides is 1. The van der Waals surface area contributed by atoms with Crippen LogP contribution < -0.4 is 11.1 Å². The number of likely N-dealkylation sites (tertiary alicyclic amines) is 2. The normalized spacial score (nSPS) is 23.8. The Bertz CT molecular complexity index is 687. The number of hydrogen-bond donors (Lipinski definition) is 2. The van der Waals surface area contributed by atoms with Crippen LogP contribution in [0.15, 0.2) is 29.3 Å². The van der Waals surface area contributed by atoms with E-state index in [9.17, 15) is 4.79 Å². The van der Waals surface area contributed by atoms with E-state index in [2.05, 4.69) is 51.3 Å². The largest absolute Gasteiger partial charge is 0.370 e. The molecule has 2 saturated heterocycles. The van der Waals surface area contributed by atoms with Crippen molar-refractivity contribution in [2.24, 2.45) is 22.6 Å². The first-order valence-electron chi connectivity index (χ1n) is 11.1. The summed E-state index contributed by atoms with van der Waals surface area (Å²) in [4.78, 5) is 20.5. The molecule has 6 heteroatoms. The van der Waals surface area contributed by atoms with E-state index >= 15 is 0 Å². The van der Waals surface area contributed by atoms with Crippen LogP contribution in [0.25, 0.3) is 0 Å². The molecule has 6 nitrogen and oxygen atoms in total. The molecule has 0 bridgehead atoms. The highest BCUT2D eigenvalue weighted by Gasteiger charge is 2.23. The number of guanidine groups is 1. The maximum Gasteiger partial charge on any atom is 0.217 e. The topological polar surface area (TPSA) is 74.0 Å². The first-order chi connectivity index (χ1) is 14.0. The number of nitrogens with two attached hydrogens (primary N) is 1. The highest BCUT2D eigenvalue weighted by molar-refractivity contribution is 5.80. The minimum atomic E-state index is -0.209. The van der Waals surface area contributed by atoms with Crippen molar-refractivity contribution in [3.63, 3.8) is 0 Å². The zero-order chi connectivity index (χ0) is 20.6. The van der Waals surface area contributed by atoms with Crippen molar-refractivity contribution in [3.8, 4) is 0 Å². The molecule has 2 heterocycles. The lowest BCUT2D eigenvalue weighted by molar-refractivity contribution is -0.119. The molecule has 29 heavy (non-hydrogen) atoms. The fourth-order valence-electron chi connectivity index (χ4n) is 4.67. The van der Waals surface area contributed by atoms with Crippen LogP contribution in [0.3, 0.4) is 0 Å². The van der Waals surface area contributed by atoms with Gasteiger partial charge >= 0.3 is 0 Å². The van der Waals surface area contributed by atoms with Crippen LogP contribution >= 0.6 is 0 Å². The Balaban J connectivity index is 1.48. The monoisotopic (exact) mass is 399 g/mol. The quantitative estimate of drug-likeness (QED) is 0.570. The lowest BCUT2D eigenvalue weighted by Gasteiger charge is -2.34. The van der Waals surface area contributed by atoms with E-state index in [-0.39, 0.29) is 5.91 Å². The van der Waals surface area contributed by atoms with Crippen molar-refractivity contribution in [3.05, 3.63) is 35.4 Å². The number of aliphatic imine (C=N–C) groups is 1. The molecule has 160 valence electrons. The number of nitrogens with zero attached hydrogens (tertiary/aromatic N) is 3. The average Bonchev–Trinajstić information content (AvgIpc) is 2.69. The number of benzene rings is 1. The van der Waals surface area contributed by atoms with Crippen molar-refractivity contribution < 1.29 is 4.79 Å². The third kappa shape index (κ3) is 6.74. The van der Waals surface area contributed by atoms with E-state index in [1.807, 2.05) is 7.05 Å². The summed E-state index contributed by atoms with van der Waals surface area (Å²) in [6.45, 7) is 8.41. The molecule has 0 saturated carbocycles. The van der Waals surface area contributed by atoms with E-state index in [0.29, 0.717) is 12.3 Å². The van der Waals surface area contributed by atoms with Crippen molar-refractivity contribution in [2.75, 3.05) is 33.2 Å². The zero-order valence-corrected chi connectivity index (χ0v) is 18.1. The lowest BCUT2D eigenvalue weighted by atomic mass is 9.95. The number of hydrogen-bond acceptors (Lipinski definition) is 3. The van der Waals surface area contributed by atoms with Crippen LogP contribution in [0.1, 0.15) is 50.2 Å². The lowest BCUT2D eigenvalue weighted by Crippen LogP contribution is -2.46. The fourth-order valence-corrected chi connectivity index (χ4v) is 4.67. The molecular weight excluding hydrogens is 362 g/mol. The van der Waals surface area contributed by atoms with Gasteiger partial charge in [0.15, 0.2) is 5.96 Å². The van der Waals surface area contributed by atoms with E-state index in [0.717, 1.165) is 50.9 Å². The standard InChI is InChI=1S/C23H37N5O/c1-18-5-3-11-27(15-18)16-20-9-7-19(8-10-20)14-26-23(25-2)28-12-4-6-21(17-28)13-22(24)29/h7-10,18,21H,3-6,11-17H2,1-2H3,(H2,24,29)(H,25,26). The second-order valence-electron chi connectivity index (χ2n) is 8.82. The second kappa shape index (κ2) is 10.6. The summed E-state index contributed by atoms with van der Waals surface area (Å²) in [5.41, 5.74) is 8.03. The molecule has 0 aromatic heterocycles. The minimum absolute atomic E-state index is 0.209. The van der Waals surface area contributed by atoms with Gasteiger partial charge in [-0.2, -0.15) is 0 Å². The third-order valence-electron chi connectivity index (χ3n) is 6.14. The van der Waals surface area contributed by atoms with Crippen LogP contribution in [0.2, 0.25) is 0 Å². The van der Waals surface area contributed by atoms with Crippen LogP contribution in [-0.4, -0.2) is 54.9 Å².